The van der Waals surface area contributed by atoms with Crippen LogP contribution in [0.1, 0.15) is 38.7 Å². The Balaban J connectivity index is 1.69. The van der Waals surface area contributed by atoms with Gasteiger partial charge >= 0.3 is 0 Å². The van der Waals surface area contributed by atoms with Crippen LogP contribution in [0.15, 0.2) is 18.2 Å². The molecular formula is C17H25FN2. The molecular weight excluding hydrogens is 251 g/mol. The summed E-state index contributed by atoms with van der Waals surface area (Å²) in [5.74, 6) is 1.23. The number of rotatable bonds is 4. The lowest BCUT2D eigenvalue weighted by atomic mass is 9.91. The van der Waals surface area contributed by atoms with Gasteiger partial charge in [-0.3, -0.25) is 0 Å². The lowest BCUT2D eigenvalue weighted by Gasteiger charge is -2.36. The zero-order valence-electron chi connectivity index (χ0n) is 12.5. The summed E-state index contributed by atoms with van der Waals surface area (Å²) in [6, 6.07) is 6.40. The quantitative estimate of drug-likeness (QED) is 0.904. The molecule has 0 radical (unpaired) electrons. The van der Waals surface area contributed by atoms with Gasteiger partial charge in [-0.1, -0.05) is 19.9 Å². The minimum Gasteiger partial charge on any atom is -0.369 e. The number of nitrogens with zero attached hydrogens (tertiary/aromatic N) is 1. The molecule has 0 spiro atoms. The van der Waals surface area contributed by atoms with Crippen molar-refractivity contribution >= 4 is 5.69 Å². The van der Waals surface area contributed by atoms with Gasteiger partial charge in [-0.05, 0) is 48.8 Å². The Kier molecular flexibility index (Phi) is 3.97. The first-order valence-electron chi connectivity index (χ1n) is 7.88. The van der Waals surface area contributed by atoms with Gasteiger partial charge < -0.3 is 10.2 Å². The lowest BCUT2D eigenvalue weighted by Crippen LogP contribution is -2.39. The van der Waals surface area contributed by atoms with Gasteiger partial charge in [0, 0.05) is 25.7 Å². The van der Waals surface area contributed by atoms with E-state index in [4.69, 9.17) is 0 Å². The van der Waals surface area contributed by atoms with Gasteiger partial charge in [-0.15, -0.1) is 0 Å². The molecule has 1 heterocycles. The largest absolute Gasteiger partial charge is 0.369 e. The van der Waals surface area contributed by atoms with E-state index in [0.29, 0.717) is 17.9 Å². The van der Waals surface area contributed by atoms with E-state index in [9.17, 15) is 4.39 Å². The first kappa shape index (κ1) is 13.9. The summed E-state index contributed by atoms with van der Waals surface area (Å²) in [5.41, 5.74) is 1.83. The molecule has 1 aliphatic heterocycles. The van der Waals surface area contributed by atoms with Crippen molar-refractivity contribution in [1.29, 1.82) is 0 Å². The maximum atomic E-state index is 14.4. The van der Waals surface area contributed by atoms with Crippen molar-refractivity contribution in [3.63, 3.8) is 0 Å². The molecule has 1 saturated heterocycles. The highest BCUT2D eigenvalue weighted by molar-refractivity contribution is 5.49. The number of benzene rings is 1. The van der Waals surface area contributed by atoms with Crippen molar-refractivity contribution in [1.82, 2.24) is 5.32 Å². The van der Waals surface area contributed by atoms with E-state index < -0.39 is 0 Å². The third-order valence-corrected chi connectivity index (χ3v) is 4.39. The van der Waals surface area contributed by atoms with E-state index in [0.717, 1.165) is 30.9 Å². The summed E-state index contributed by atoms with van der Waals surface area (Å²) >= 11 is 0. The van der Waals surface area contributed by atoms with Gasteiger partial charge in [0.05, 0.1) is 5.69 Å². The number of hydrogen-bond acceptors (Lipinski definition) is 2. The van der Waals surface area contributed by atoms with Crippen LogP contribution in [-0.4, -0.2) is 19.1 Å². The van der Waals surface area contributed by atoms with Crippen LogP contribution < -0.4 is 10.2 Å². The first-order chi connectivity index (χ1) is 9.61. The summed E-state index contributed by atoms with van der Waals surface area (Å²) in [6.07, 6.45) is 3.79. The third kappa shape index (κ3) is 3.32. The second-order valence-corrected chi connectivity index (χ2v) is 6.79. The number of nitrogens with one attached hydrogen (secondary N) is 1. The molecule has 2 fully saturated rings. The molecule has 1 saturated carbocycles. The van der Waals surface area contributed by atoms with E-state index in [1.54, 1.807) is 6.07 Å². The van der Waals surface area contributed by atoms with Crippen LogP contribution >= 0.6 is 0 Å². The summed E-state index contributed by atoms with van der Waals surface area (Å²) in [5, 5.41) is 3.43. The number of piperidine rings is 1. The van der Waals surface area contributed by atoms with Crippen molar-refractivity contribution < 1.29 is 4.39 Å². The predicted molar refractivity (Wildman–Crippen MR) is 81.4 cm³/mol. The minimum absolute atomic E-state index is 0.0682. The Labute approximate surface area is 121 Å². The average molecular weight is 276 g/mol. The third-order valence-electron chi connectivity index (χ3n) is 4.39. The summed E-state index contributed by atoms with van der Waals surface area (Å²) < 4.78 is 14.4. The van der Waals surface area contributed by atoms with Gasteiger partial charge in [0.25, 0.3) is 0 Å². The normalized spacial score (nSPS) is 26.9. The maximum absolute atomic E-state index is 14.4. The fourth-order valence-corrected chi connectivity index (χ4v) is 3.33. The molecule has 110 valence electrons. The van der Waals surface area contributed by atoms with Crippen LogP contribution in [0.2, 0.25) is 0 Å². The molecule has 0 aromatic heterocycles. The van der Waals surface area contributed by atoms with Crippen LogP contribution in [0.25, 0.3) is 0 Å². The van der Waals surface area contributed by atoms with Crippen LogP contribution in [0, 0.1) is 17.7 Å². The van der Waals surface area contributed by atoms with Crippen molar-refractivity contribution in [3.8, 4) is 0 Å². The van der Waals surface area contributed by atoms with E-state index in [1.165, 1.54) is 19.3 Å². The second kappa shape index (κ2) is 5.72. The number of halogens is 1. The van der Waals surface area contributed by atoms with Crippen molar-refractivity contribution in [2.75, 3.05) is 18.0 Å². The van der Waals surface area contributed by atoms with Gasteiger partial charge in [0.15, 0.2) is 0 Å². The number of anilines is 1. The fraction of sp³-hybridized carbons (Fsp3) is 0.647. The van der Waals surface area contributed by atoms with E-state index in [1.807, 2.05) is 6.07 Å². The molecule has 1 aliphatic carbocycles. The standard InChI is InChI=1S/C17H25FN2/c1-12-7-13(2)11-20(10-12)17-6-3-14(8-16(17)18)9-19-15-4-5-15/h3,6,8,12-13,15,19H,4-5,7,9-11H2,1-2H3. The predicted octanol–water partition coefficient (Wildman–Crippen LogP) is 3.56. The monoisotopic (exact) mass is 276 g/mol. The van der Waals surface area contributed by atoms with Crippen LogP contribution in [0.3, 0.4) is 0 Å². The molecule has 1 N–H and O–H groups in total. The Hall–Kier alpha value is -1.09. The molecule has 3 rings (SSSR count). The minimum atomic E-state index is -0.0682. The smallest absolute Gasteiger partial charge is 0.146 e. The molecule has 3 heteroatoms. The van der Waals surface area contributed by atoms with E-state index in [2.05, 4.69) is 30.1 Å². The maximum Gasteiger partial charge on any atom is 0.146 e. The molecule has 1 aromatic carbocycles. The Bertz CT molecular complexity index is 460. The van der Waals surface area contributed by atoms with Gasteiger partial charge in [0.1, 0.15) is 5.82 Å². The van der Waals surface area contributed by atoms with Crippen molar-refractivity contribution in [2.24, 2.45) is 11.8 Å². The van der Waals surface area contributed by atoms with Crippen LogP contribution in [0.4, 0.5) is 10.1 Å². The fourth-order valence-electron chi connectivity index (χ4n) is 3.33. The topological polar surface area (TPSA) is 15.3 Å². The molecule has 0 amide bonds. The number of hydrogen-bond donors (Lipinski definition) is 1. The second-order valence-electron chi connectivity index (χ2n) is 6.79. The highest BCUT2D eigenvalue weighted by Crippen LogP contribution is 2.29. The van der Waals surface area contributed by atoms with Gasteiger partial charge in [-0.25, -0.2) is 4.39 Å². The zero-order valence-corrected chi connectivity index (χ0v) is 12.5. The highest BCUT2D eigenvalue weighted by atomic mass is 19.1. The highest BCUT2D eigenvalue weighted by Gasteiger charge is 2.24. The molecule has 2 nitrogen and oxygen atoms in total. The molecule has 1 aromatic rings. The van der Waals surface area contributed by atoms with E-state index >= 15 is 0 Å². The Morgan fingerprint density at radius 3 is 2.50 bits per heavy atom. The molecule has 0 bridgehead atoms. The average Bonchev–Trinajstić information content (AvgIpc) is 3.19. The van der Waals surface area contributed by atoms with Crippen molar-refractivity contribution in [3.05, 3.63) is 29.6 Å². The Morgan fingerprint density at radius 1 is 1.20 bits per heavy atom. The molecule has 2 aliphatic rings. The lowest BCUT2D eigenvalue weighted by molar-refractivity contribution is 0.354. The summed E-state index contributed by atoms with van der Waals surface area (Å²) in [4.78, 5) is 2.21. The van der Waals surface area contributed by atoms with E-state index in [-0.39, 0.29) is 5.82 Å². The molecule has 20 heavy (non-hydrogen) atoms. The van der Waals surface area contributed by atoms with Crippen molar-refractivity contribution in [2.45, 2.75) is 45.7 Å². The summed E-state index contributed by atoms with van der Waals surface area (Å²) in [6.45, 7) is 7.25. The van der Waals surface area contributed by atoms with Crippen LogP contribution in [0.5, 0.6) is 0 Å². The molecule has 2 atom stereocenters. The first-order valence-corrected chi connectivity index (χ1v) is 7.88. The summed E-state index contributed by atoms with van der Waals surface area (Å²) in [7, 11) is 0. The van der Waals surface area contributed by atoms with Crippen LogP contribution in [-0.2, 0) is 6.54 Å². The molecule has 2 unspecified atom stereocenters. The SMILES string of the molecule is CC1CC(C)CN(c2ccc(CNC3CC3)cc2F)C1. The van der Waals surface area contributed by atoms with Gasteiger partial charge in [0.2, 0.25) is 0 Å². The zero-order chi connectivity index (χ0) is 14.1. The Morgan fingerprint density at radius 2 is 1.90 bits per heavy atom. The van der Waals surface area contributed by atoms with Gasteiger partial charge in [-0.2, -0.15) is 0 Å².